The van der Waals surface area contributed by atoms with Gasteiger partial charge in [0, 0.05) is 26.0 Å². The quantitative estimate of drug-likeness (QED) is 0.780. The van der Waals surface area contributed by atoms with Crippen LogP contribution in [0.15, 0.2) is 18.5 Å². The van der Waals surface area contributed by atoms with Crippen molar-refractivity contribution in [2.24, 2.45) is 0 Å². The van der Waals surface area contributed by atoms with E-state index in [0.29, 0.717) is 13.2 Å². The molecule has 1 aromatic rings. The van der Waals surface area contributed by atoms with Crippen molar-refractivity contribution in [3.63, 3.8) is 0 Å². The van der Waals surface area contributed by atoms with E-state index in [1.165, 1.54) is 0 Å². The molecule has 7 heteroatoms. The molecule has 1 aliphatic rings. The highest BCUT2D eigenvalue weighted by molar-refractivity contribution is 5.86. The molecule has 0 spiro atoms. The van der Waals surface area contributed by atoms with Gasteiger partial charge in [-0.2, -0.15) is 5.10 Å². The standard InChI is InChI=1S/C12H18N4O3/c1-12(11(18)13-2)9-15(6-7-19-12)10(17)8-16-5-3-4-14-16/h3-5H,6-9H2,1-2H3,(H,13,18). The molecular weight excluding hydrogens is 248 g/mol. The molecule has 0 aliphatic carbocycles. The molecular formula is C12H18N4O3. The summed E-state index contributed by atoms with van der Waals surface area (Å²) in [4.78, 5) is 25.6. The van der Waals surface area contributed by atoms with Crippen molar-refractivity contribution in [3.05, 3.63) is 18.5 Å². The normalized spacial score (nSPS) is 23.2. The van der Waals surface area contributed by atoms with Crippen LogP contribution in [0.25, 0.3) is 0 Å². The predicted molar refractivity (Wildman–Crippen MR) is 67.2 cm³/mol. The molecule has 2 heterocycles. The van der Waals surface area contributed by atoms with E-state index in [4.69, 9.17) is 4.74 Å². The van der Waals surface area contributed by atoms with Gasteiger partial charge in [0.15, 0.2) is 5.60 Å². The highest BCUT2D eigenvalue weighted by atomic mass is 16.5. The van der Waals surface area contributed by atoms with Crippen LogP contribution < -0.4 is 5.32 Å². The molecule has 19 heavy (non-hydrogen) atoms. The fourth-order valence-electron chi connectivity index (χ4n) is 2.12. The Morgan fingerprint density at radius 3 is 2.95 bits per heavy atom. The molecule has 2 rings (SSSR count). The maximum Gasteiger partial charge on any atom is 0.253 e. The first kappa shape index (κ1) is 13.5. The van der Waals surface area contributed by atoms with Gasteiger partial charge in [0.2, 0.25) is 5.91 Å². The second-order valence-corrected chi connectivity index (χ2v) is 4.68. The van der Waals surface area contributed by atoms with Crippen LogP contribution in [-0.4, -0.2) is 58.8 Å². The molecule has 1 fully saturated rings. The SMILES string of the molecule is CNC(=O)C1(C)CN(C(=O)Cn2cccn2)CCO1. The summed E-state index contributed by atoms with van der Waals surface area (Å²) in [6.07, 6.45) is 3.36. The van der Waals surface area contributed by atoms with Crippen LogP contribution in [0.1, 0.15) is 6.92 Å². The van der Waals surface area contributed by atoms with Crippen LogP contribution in [0.5, 0.6) is 0 Å². The average Bonchev–Trinajstić information content (AvgIpc) is 2.90. The van der Waals surface area contributed by atoms with E-state index in [1.54, 1.807) is 42.0 Å². The lowest BCUT2D eigenvalue weighted by Crippen LogP contribution is -2.59. The number of nitrogens with one attached hydrogen (secondary N) is 1. The van der Waals surface area contributed by atoms with Gasteiger partial charge in [0.1, 0.15) is 6.54 Å². The van der Waals surface area contributed by atoms with Gasteiger partial charge in [0.05, 0.1) is 13.2 Å². The topological polar surface area (TPSA) is 76.5 Å². The van der Waals surface area contributed by atoms with Gasteiger partial charge in [-0.25, -0.2) is 0 Å². The van der Waals surface area contributed by atoms with Crippen LogP contribution in [0.2, 0.25) is 0 Å². The number of aromatic nitrogens is 2. The molecule has 1 unspecified atom stereocenters. The van der Waals surface area contributed by atoms with E-state index in [-0.39, 0.29) is 24.9 Å². The Morgan fingerprint density at radius 1 is 1.53 bits per heavy atom. The Hall–Kier alpha value is -1.89. The smallest absolute Gasteiger partial charge is 0.253 e. The number of amides is 2. The number of nitrogens with zero attached hydrogens (tertiary/aromatic N) is 3. The molecule has 1 saturated heterocycles. The fraction of sp³-hybridized carbons (Fsp3) is 0.583. The van der Waals surface area contributed by atoms with Crippen molar-refractivity contribution in [2.45, 2.75) is 19.1 Å². The second kappa shape index (κ2) is 5.40. The van der Waals surface area contributed by atoms with Crippen molar-refractivity contribution in [2.75, 3.05) is 26.7 Å². The Morgan fingerprint density at radius 2 is 2.32 bits per heavy atom. The predicted octanol–water partition coefficient (Wildman–Crippen LogP) is -0.753. The molecule has 1 atom stereocenters. The van der Waals surface area contributed by atoms with E-state index in [0.717, 1.165) is 0 Å². The Bertz CT molecular complexity index is 460. The van der Waals surface area contributed by atoms with Crippen molar-refractivity contribution in [1.29, 1.82) is 0 Å². The van der Waals surface area contributed by atoms with Crippen LogP contribution in [0.4, 0.5) is 0 Å². The molecule has 0 radical (unpaired) electrons. The lowest BCUT2D eigenvalue weighted by Gasteiger charge is -2.39. The highest BCUT2D eigenvalue weighted by Crippen LogP contribution is 2.18. The van der Waals surface area contributed by atoms with Gasteiger partial charge in [-0.3, -0.25) is 14.3 Å². The Balaban J connectivity index is 2.01. The van der Waals surface area contributed by atoms with Crippen molar-refractivity contribution >= 4 is 11.8 Å². The molecule has 104 valence electrons. The number of carbonyl (C=O) groups excluding carboxylic acids is 2. The first-order valence-corrected chi connectivity index (χ1v) is 6.16. The van der Waals surface area contributed by atoms with E-state index in [9.17, 15) is 9.59 Å². The summed E-state index contributed by atoms with van der Waals surface area (Å²) in [7, 11) is 1.56. The molecule has 2 amide bonds. The summed E-state index contributed by atoms with van der Waals surface area (Å²) < 4.78 is 7.07. The maximum atomic E-state index is 12.1. The summed E-state index contributed by atoms with van der Waals surface area (Å²) >= 11 is 0. The molecule has 1 aromatic heterocycles. The average molecular weight is 266 g/mol. The van der Waals surface area contributed by atoms with E-state index in [1.807, 2.05) is 0 Å². The maximum absolute atomic E-state index is 12.1. The molecule has 7 nitrogen and oxygen atoms in total. The van der Waals surface area contributed by atoms with E-state index in [2.05, 4.69) is 10.4 Å². The van der Waals surface area contributed by atoms with Crippen LogP contribution in [-0.2, 0) is 20.9 Å². The number of ether oxygens (including phenoxy) is 1. The van der Waals surface area contributed by atoms with Crippen molar-refractivity contribution in [3.8, 4) is 0 Å². The Kier molecular flexibility index (Phi) is 3.84. The van der Waals surface area contributed by atoms with Gasteiger partial charge in [0.25, 0.3) is 5.91 Å². The third-order valence-electron chi connectivity index (χ3n) is 3.19. The number of morpholine rings is 1. The van der Waals surface area contributed by atoms with Crippen LogP contribution in [0, 0.1) is 0 Å². The van der Waals surface area contributed by atoms with Gasteiger partial charge in [-0.15, -0.1) is 0 Å². The van der Waals surface area contributed by atoms with E-state index >= 15 is 0 Å². The van der Waals surface area contributed by atoms with Crippen LogP contribution >= 0.6 is 0 Å². The zero-order valence-electron chi connectivity index (χ0n) is 11.1. The lowest BCUT2D eigenvalue weighted by molar-refractivity contribution is -0.162. The number of likely N-dealkylation sites (N-methyl/N-ethyl adjacent to an activating group) is 1. The zero-order chi connectivity index (χ0) is 13.9. The number of hydrogen-bond donors (Lipinski definition) is 1. The summed E-state index contributed by atoms with van der Waals surface area (Å²) in [5, 5.41) is 6.56. The third kappa shape index (κ3) is 2.93. The number of carbonyl (C=O) groups is 2. The molecule has 0 aromatic carbocycles. The molecule has 0 saturated carbocycles. The lowest BCUT2D eigenvalue weighted by atomic mass is 10.0. The van der Waals surface area contributed by atoms with Gasteiger partial charge < -0.3 is 15.0 Å². The summed E-state index contributed by atoms with van der Waals surface area (Å²) in [6, 6.07) is 1.77. The molecule has 1 N–H and O–H groups in total. The molecule has 1 aliphatic heterocycles. The summed E-state index contributed by atoms with van der Waals surface area (Å²) in [6.45, 7) is 2.98. The second-order valence-electron chi connectivity index (χ2n) is 4.68. The van der Waals surface area contributed by atoms with E-state index < -0.39 is 5.60 Å². The number of rotatable bonds is 3. The van der Waals surface area contributed by atoms with Crippen LogP contribution in [0.3, 0.4) is 0 Å². The minimum Gasteiger partial charge on any atom is -0.362 e. The molecule has 0 bridgehead atoms. The van der Waals surface area contributed by atoms with Crippen molar-refractivity contribution in [1.82, 2.24) is 20.0 Å². The fourth-order valence-corrected chi connectivity index (χ4v) is 2.12. The zero-order valence-corrected chi connectivity index (χ0v) is 11.1. The van der Waals surface area contributed by atoms with Crippen molar-refractivity contribution < 1.29 is 14.3 Å². The Labute approximate surface area is 111 Å². The summed E-state index contributed by atoms with van der Waals surface area (Å²) in [5.41, 5.74) is -0.979. The third-order valence-corrected chi connectivity index (χ3v) is 3.19. The minimum atomic E-state index is -0.979. The minimum absolute atomic E-state index is 0.0675. The van der Waals surface area contributed by atoms with Gasteiger partial charge >= 0.3 is 0 Å². The van der Waals surface area contributed by atoms with Gasteiger partial charge in [-0.05, 0) is 13.0 Å². The highest BCUT2D eigenvalue weighted by Gasteiger charge is 2.40. The first-order chi connectivity index (χ1) is 9.05. The monoisotopic (exact) mass is 266 g/mol. The van der Waals surface area contributed by atoms with Gasteiger partial charge in [-0.1, -0.05) is 0 Å². The largest absolute Gasteiger partial charge is 0.362 e. The summed E-state index contributed by atoms with van der Waals surface area (Å²) in [5.74, 6) is -0.286. The number of hydrogen-bond acceptors (Lipinski definition) is 4. The first-order valence-electron chi connectivity index (χ1n) is 6.16.